The first kappa shape index (κ1) is 19.1. The summed E-state index contributed by atoms with van der Waals surface area (Å²) in [5, 5.41) is 2.13. The molecular weight excluding hydrogens is 370 g/mol. The van der Waals surface area contributed by atoms with Gasteiger partial charge in [-0.2, -0.15) is 0 Å². The zero-order chi connectivity index (χ0) is 20.3. The van der Waals surface area contributed by atoms with Crippen LogP contribution in [0.25, 0.3) is 10.8 Å². The van der Waals surface area contributed by atoms with E-state index in [2.05, 4.69) is 47.4 Å². The number of hydrogen-bond acceptors (Lipinski definition) is 3. The van der Waals surface area contributed by atoms with Gasteiger partial charge in [-0.15, -0.1) is 0 Å². The third kappa shape index (κ3) is 3.79. The molecule has 0 atom stereocenters. The van der Waals surface area contributed by atoms with Crippen molar-refractivity contribution in [3.05, 3.63) is 71.9 Å². The normalized spacial score (nSPS) is 17.6. The summed E-state index contributed by atoms with van der Waals surface area (Å²) in [6, 6.07) is 19.0. The fraction of sp³-hybridized carbons (Fsp3) is 0.385. The maximum Gasteiger partial charge on any atom is 0.256 e. The van der Waals surface area contributed by atoms with Gasteiger partial charge in [0.25, 0.3) is 5.91 Å². The molecule has 1 amide bonds. The number of likely N-dealkylation sites (tertiary alicyclic amines) is 1. The lowest BCUT2D eigenvalue weighted by molar-refractivity contribution is 0.0692. The Balaban J connectivity index is 1.32. The summed E-state index contributed by atoms with van der Waals surface area (Å²) in [5.74, 6) is 1.81. The second-order valence-corrected chi connectivity index (χ2v) is 8.66. The first-order chi connectivity index (χ1) is 14.8. The lowest BCUT2D eigenvalue weighted by Crippen LogP contribution is -2.39. The molecule has 4 heteroatoms. The smallest absolute Gasteiger partial charge is 0.256 e. The van der Waals surface area contributed by atoms with Crippen molar-refractivity contribution in [2.75, 3.05) is 31.1 Å². The highest BCUT2D eigenvalue weighted by atomic mass is 16.2. The molecule has 2 saturated heterocycles. The van der Waals surface area contributed by atoms with Crippen molar-refractivity contribution in [1.82, 2.24) is 9.88 Å². The zero-order valence-corrected chi connectivity index (χ0v) is 17.5. The minimum absolute atomic E-state index is 0.129. The van der Waals surface area contributed by atoms with Crippen molar-refractivity contribution in [3.8, 4) is 0 Å². The van der Waals surface area contributed by atoms with Crippen LogP contribution < -0.4 is 4.90 Å². The van der Waals surface area contributed by atoms with Crippen molar-refractivity contribution < 1.29 is 4.79 Å². The molecule has 2 fully saturated rings. The lowest BCUT2D eigenvalue weighted by atomic mass is 9.90. The number of carbonyl (C=O) groups excluding carboxylic acids is 1. The summed E-state index contributed by atoms with van der Waals surface area (Å²) in [4.78, 5) is 22.5. The van der Waals surface area contributed by atoms with Gasteiger partial charge in [-0.1, -0.05) is 54.6 Å². The number of rotatable bonds is 4. The Bertz CT molecular complexity index is 1020. The number of amides is 1. The Morgan fingerprint density at radius 2 is 1.53 bits per heavy atom. The van der Waals surface area contributed by atoms with E-state index in [1.54, 1.807) is 0 Å². The van der Waals surface area contributed by atoms with Crippen LogP contribution in [0.3, 0.4) is 0 Å². The Labute approximate surface area is 178 Å². The van der Waals surface area contributed by atoms with Gasteiger partial charge in [0.05, 0.1) is 5.56 Å². The Morgan fingerprint density at radius 1 is 0.867 bits per heavy atom. The standard InChI is InChI=1S/C26H29N3O/c30-26(29-16-12-21(13-17-29)18-20-8-2-1-3-9-20)24-19-27-25(28-14-6-7-15-28)23-11-5-4-10-22(23)24/h1-5,8-11,19,21H,6-7,12-18H2. The second-order valence-electron chi connectivity index (χ2n) is 8.66. The summed E-state index contributed by atoms with van der Waals surface area (Å²) in [5.41, 5.74) is 2.14. The van der Waals surface area contributed by atoms with E-state index >= 15 is 0 Å². The lowest BCUT2D eigenvalue weighted by Gasteiger charge is -2.32. The molecule has 0 unspecified atom stereocenters. The van der Waals surface area contributed by atoms with Crippen molar-refractivity contribution in [2.45, 2.75) is 32.1 Å². The van der Waals surface area contributed by atoms with Gasteiger partial charge < -0.3 is 9.80 Å². The molecule has 5 rings (SSSR count). The van der Waals surface area contributed by atoms with Gasteiger partial charge in [0, 0.05) is 37.8 Å². The largest absolute Gasteiger partial charge is 0.356 e. The molecule has 3 heterocycles. The molecule has 0 saturated carbocycles. The molecule has 2 aromatic carbocycles. The van der Waals surface area contributed by atoms with E-state index in [0.717, 1.165) is 67.6 Å². The van der Waals surface area contributed by atoms with Crippen LogP contribution in [0, 0.1) is 5.92 Å². The number of fused-ring (bicyclic) bond motifs is 1. The zero-order valence-electron chi connectivity index (χ0n) is 17.5. The van der Waals surface area contributed by atoms with E-state index in [0.29, 0.717) is 5.92 Å². The number of nitrogens with zero attached hydrogens (tertiary/aromatic N) is 3. The molecule has 4 nitrogen and oxygen atoms in total. The average molecular weight is 400 g/mol. The van der Waals surface area contributed by atoms with Crippen LogP contribution in [0.4, 0.5) is 5.82 Å². The van der Waals surface area contributed by atoms with Crippen molar-refractivity contribution in [2.24, 2.45) is 5.92 Å². The van der Waals surface area contributed by atoms with Crippen LogP contribution >= 0.6 is 0 Å². The molecular formula is C26H29N3O. The Kier molecular flexibility index (Phi) is 5.39. The quantitative estimate of drug-likeness (QED) is 0.624. The predicted octanol–water partition coefficient (Wildman–Crippen LogP) is 4.93. The Hall–Kier alpha value is -2.88. The molecule has 2 aliphatic rings. The summed E-state index contributed by atoms with van der Waals surface area (Å²) < 4.78 is 0. The van der Waals surface area contributed by atoms with E-state index < -0.39 is 0 Å². The van der Waals surface area contributed by atoms with Gasteiger partial charge in [0.15, 0.2) is 0 Å². The first-order valence-electron chi connectivity index (χ1n) is 11.3. The molecule has 30 heavy (non-hydrogen) atoms. The number of hydrogen-bond donors (Lipinski definition) is 0. The topological polar surface area (TPSA) is 36.4 Å². The minimum Gasteiger partial charge on any atom is -0.356 e. The van der Waals surface area contributed by atoms with Gasteiger partial charge in [-0.25, -0.2) is 4.98 Å². The van der Waals surface area contributed by atoms with E-state index in [9.17, 15) is 4.79 Å². The third-order valence-electron chi connectivity index (χ3n) is 6.68. The van der Waals surface area contributed by atoms with E-state index in [1.807, 2.05) is 23.2 Å². The fourth-order valence-corrected chi connectivity index (χ4v) is 4.99. The molecule has 0 aliphatic carbocycles. The van der Waals surface area contributed by atoms with Crippen molar-refractivity contribution in [1.29, 1.82) is 0 Å². The first-order valence-corrected chi connectivity index (χ1v) is 11.3. The maximum atomic E-state index is 13.4. The SMILES string of the molecule is O=C(c1cnc(N2CCCC2)c2ccccc12)N1CCC(Cc2ccccc2)CC1. The van der Waals surface area contributed by atoms with Crippen LogP contribution in [-0.2, 0) is 6.42 Å². The molecule has 1 aromatic heterocycles. The Morgan fingerprint density at radius 3 is 2.27 bits per heavy atom. The summed E-state index contributed by atoms with van der Waals surface area (Å²) in [7, 11) is 0. The van der Waals surface area contributed by atoms with Crippen LogP contribution in [0.1, 0.15) is 41.6 Å². The van der Waals surface area contributed by atoms with Crippen molar-refractivity contribution in [3.63, 3.8) is 0 Å². The van der Waals surface area contributed by atoms with Gasteiger partial charge in [-0.3, -0.25) is 4.79 Å². The molecule has 3 aromatic rings. The van der Waals surface area contributed by atoms with Gasteiger partial charge in [0.1, 0.15) is 5.82 Å². The number of anilines is 1. The summed E-state index contributed by atoms with van der Waals surface area (Å²) >= 11 is 0. The third-order valence-corrected chi connectivity index (χ3v) is 6.68. The number of aromatic nitrogens is 1. The van der Waals surface area contributed by atoms with Crippen LogP contribution in [0.2, 0.25) is 0 Å². The van der Waals surface area contributed by atoms with Crippen molar-refractivity contribution >= 4 is 22.5 Å². The van der Waals surface area contributed by atoms with Gasteiger partial charge >= 0.3 is 0 Å². The van der Waals surface area contributed by atoms with E-state index in [-0.39, 0.29) is 5.91 Å². The highest BCUT2D eigenvalue weighted by Crippen LogP contribution is 2.31. The number of carbonyl (C=O) groups is 1. The monoisotopic (exact) mass is 399 g/mol. The van der Waals surface area contributed by atoms with E-state index in [1.165, 1.54) is 18.4 Å². The highest BCUT2D eigenvalue weighted by Gasteiger charge is 2.26. The molecule has 0 N–H and O–H groups in total. The summed E-state index contributed by atoms with van der Waals surface area (Å²) in [6.45, 7) is 3.77. The van der Waals surface area contributed by atoms with Gasteiger partial charge in [-0.05, 0) is 49.0 Å². The van der Waals surface area contributed by atoms with Crippen LogP contribution in [0.5, 0.6) is 0 Å². The fourth-order valence-electron chi connectivity index (χ4n) is 4.99. The van der Waals surface area contributed by atoms with Gasteiger partial charge in [0.2, 0.25) is 0 Å². The molecule has 154 valence electrons. The number of pyridine rings is 1. The molecule has 0 radical (unpaired) electrons. The second kappa shape index (κ2) is 8.47. The van der Waals surface area contributed by atoms with E-state index in [4.69, 9.17) is 4.98 Å². The molecule has 2 aliphatic heterocycles. The summed E-state index contributed by atoms with van der Waals surface area (Å²) in [6.07, 6.45) is 7.49. The predicted molar refractivity (Wildman–Crippen MR) is 122 cm³/mol. The molecule has 0 spiro atoms. The number of benzene rings is 2. The maximum absolute atomic E-state index is 13.4. The average Bonchev–Trinajstić information content (AvgIpc) is 3.34. The van der Waals surface area contributed by atoms with Crippen LogP contribution in [-0.4, -0.2) is 42.0 Å². The van der Waals surface area contributed by atoms with Crippen LogP contribution in [0.15, 0.2) is 60.8 Å². The molecule has 0 bridgehead atoms. The minimum atomic E-state index is 0.129. The number of piperidine rings is 1. The highest BCUT2D eigenvalue weighted by molar-refractivity contribution is 6.09.